The van der Waals surface area contributed by atoms with Crippen molar-refractivity contribution in [2.45, 2.75) is 26.2 Å². The number of aryl methyl sites for hydroxylation is 1. The lowest BCUT2D eigenvalue weighted by atomic mass is 9.90. The quantitative estimate of drug-likeness (QED) is 0.388. The molecule has 0 saturated carbocycles. The first-order chi connectivity index (χ1) is 15.7. The second kappa shape index (κ2) is 8.96. The molecule has 0 radical (unpaired) electrons. The molecule has 1 fully saturated rings. The van der Waals surface area contributed by atoms with Crippen molar-refractivity contribution in [3.05, 3.63) is 102 Å². The molecule has 0 N–H and O–H groups in total. The molecule has 4 aromatic rings. The monoisotopic (exact) mass is 420 g/mol. The Morgan fingerprint density at radius 1 is 0.906 bits per heavy atom. The SMILES string of the molecule is Cc1ccccc1-c1cc(C(=O)N2CCC(Cc3ccccc3)CC2)c2ccccc2n1. The third-order valence-corrected chi connectivity index (χ3v) is 6.64. The van der Waals surface area contributed by atoms with Crippen LogP contribution in [-0.2, 0) is 6.42 Å². The van der Waals surface area contributed by atoms with Gasteiger partial charge in [-0.1, -0.05) is 72.8 Å². The molecule has 5 rings (SSSR count). The molecule has 3 nitrogen and oxygen atoms in total. The van der Waals surface area contributed by atoms with Crippen LogP contribution in [0.2, 0.25) is 0 Å². The highest BCUT2D eigenvalue weighted by atomic mass is 16.2. The molecule has 1 amide bonds. The van der Waals surface area contributed by atoms with Crippen LogP contribution in [0.15, 0.2) is 84.9 Å². The minimum absolute atomic E-state index is 0.122. The number of pyridine rings is 1. The van der Waals surface area contributed by atoms with Crippen LogP contribution in [0, 0.1) is 12.8 Å². The Labute approximate surface area is 189 Å². The van der Waals surface area contributed by atoms with E-state index in [2.05, 4.69) is 49.4 Å². The van der Waals surface area contributed by atoms with E-state index in [1.165, 1.54) is 5.56 Å². The number of carbonyl (C=O) groups is 1. The van der Waals surface area contributed by atoms with Gasteiger partial charge in [-0.15, -0.1) is 0 Å². The van der Waals surface area contributed by atoms with Crippen molar-refractivity contribution in [1.82, 2.24) is 9.88 Å². The predicted molar refractivity (Wildman–Crippen MR) is 131 cm³/mol. The van der Waals surface area contributed by atoms with Crippen LogP contribution in [-0.4, -0.2) is 28.9 Å². The molecule has 3 aromatic carbocycles. The number of likely N-dealkylation sites (tertiary alicyclic amines) is 1. The highest BCUT2D eigenvalue weighted by Crippen LogP contribution is 2.29. The Hall–Kier alpha value is -3.46. The molecule has 32 heavy (non-hydrogen) atoms. The Bertz CT molecular complexity index is 1240. The van der Waals surface area contributed by atoms with Gasteiger partial charge in [-0.05, 0) is 55.4 Å². The van der Waals surface area contributed by atoms with Gasteiger partial charge >= 0.3 is 0 Å². The normalized spacial score (nSPS) is 14.6. The van der Waals surface area contributed by atoms with E-state index in [9.17, 15) is 4.79 Å². The Balaban J connectivity index is 1.40. The van der Waals surface area contributed by atoms with Crippen LogP contribution >= 0.6 is 0 Å². The first-order valence-electron chi connectivity index (χ1n) is 11.5. The van der Waals surface area contributed by atoms with E-state index >= 15 is 0 Å². The van der Waals surface area contributed by atoms with Crippen LogP contribution in [0.3, 0.4) is 0 Å². The molecule has 1 saturated heterocycles. The summed E-state index contributed by atoms with van der Waals surface area (Å²) in [6, 6.07) is 28.9. The number of benzene rings is 3. The zero-order chi connectivity index (χ0) is 21.9. The van der Waals surface area contributed by atoms with Crippen LogP contribution in [0.1, 0.15) is 34.3 Å². The van der Waals surface area contributed by atoms with E-state index in [1.54, 1.807) is 0 Å². The number of fused-ring (bicyclic) bond motifs is 1. The van der Waals surface area contributed by atoms with E-state index < -0.39 is 0 Å². The molecule has 2 heterocycles. The summed E-state index contributed by atoms with van der Waals surface area (Å²) in [4.78, 5) is 20.6. The summed E-state index contributed by atoms with van der Waals surface area (Å²) in [5, 5.41) is 0.932. The molecule has 1 aliphatic rings. The summed E-state index contributed by atoms with van der Waals surface area (Å²) in [7, 11) is 0. The zero-order valence-corrected chi connectivity index (χ0v) is 18.5. The van der Waals surface area contributed by atoms with Gasteiger partial charge in [-0.2, -0.15) is 0 Å². The molecular formula is C29H28N2O. The fourth-order valence-electron chi connectivity index (χ4n) is 4.81. The van der Waals surface area contributed by atoms with E-state index in [-0.39, 0.29) is 5.91 Å². The smallest absolute Gasteiger partial charge is 0.254 e. The molecule has 3 heteroatoms. The van der Waals surface area contributed by atoms with Crippen molar-refractivity contribution in [1.29, 1.82) is 0 Å². The van der Waals surface area contributed by atoms with Gasteiger partial charge in [0.05, 0.1) is 16.8 Å². The second-order valence-electron chi connectivity index (χ2n) is 8.81. The maximum atomic E-state index is 13.6. The fraction of sp³-hybridized carbons (Fsp3) is 0.241. The van der Waals surface area contributed by atoms with Crippen molar-refractivity contribution in [2.24, 2.45) is 5.92 Å². The third-order valence-electron chi connectivity index (χ3n) is 6.64. The number of aromatic nitrogens is 1. The maximum absolute atomic E-state index is 13.6. The summed E-state index contributed by atoms with van der Waals surface area (Å²) in [6.07, 6.45) is 3.20. The van der Waals surface area contributed by atoms with E-state index in [0.717, 1.165) is 65.6 Å². The number of nitrogens with zero attached hydrogens (tertiary/aromatic N) is 2. The highest BCUT2D eigenvalue weighted by Gasteiger charge is 2.25. The average molecular weight is 421 g/mol. The minimum atomic E-state index is 0.122. The van der Waals surface area contributed by atoms with Crippen molar-refractivity contribution in [3.63, 3.8) is 0 Å². The number of amides is 1. The van der Waals surface area contributed by atoms with Crippen molar-refractivity contribution in [2.75, 3.05) is 13.1 Å². The third kappa shape index (κ3) is 4.16. The first-order valence-corrected chi connectivity index (χ1v) is 11.5. The summed E-state index contributed by atoms with van der Waals surface area (Å²) >= 11 is 0. The summed E-state index contributed by atoms with van der Waals surface area (Å²) in [5.74, 6) is 0.759. The van der Waals surface area contributed by atoms with Gasteiger partial charge in [-0.25, -0.2) is 4.98 Å². The minimum Gasteiger partial charge on any atom is -0.339 e. The van der Waals surface area contributed by atoms with Gasteiger partial charge < -0.3 is 4.90 Å². The van der Waals surface area contributed by atoms with Crippen LogP contribution < -0.4 is 0 Å². The van der Waals surface area contributed by atoms with Gasteiger partial charge in [0.15, 0.2) is 0 Å². The first kappa shape index (κ1) is 20.4. The number of piperidine rings is 1. The highest BCUT2D eigenvalue weighted by molar-refractivity contribution is 6.07. The van der Waals surface area contributed by atoms with E-state index in [0.29, 0.717) is 5.92 Å². The summed E-state index contributed by atoms with van der Waals surface area (Å²) in [6.45, 7) is 3.71. The number of carbonyl (C=O) groups excluding carboxylic acids is 1. The average Bonchev–Trinajstić information content (AvgIpc) is 2.84. The lowest BCUT2D eigenvalue weighted by Gasteiger charge is -2.32. The molecule has 1 aliphatic heterocycles. The molecule has 0 spiro atoms. The Morgan fingerprint density at radius 3 is 2.38 bits per heavy atom. The molecular weight excluding hydrogens is 392 g/mol. The van der Waals surface area contributed by atoms with Gasteiger partial charge in [0, 0.05) is 24.0 Å². The van der Waals surface area contributed by atoms with Crippen LogP contribution in [0.25, 0.3) is 22.2 Å². The molecule has 0 aliphatic carbocycles. The summed E-state index contributed by atoms with van der Waals surface area (Å²) < 4.78 is 0. The fourth-order valence-corrected chi connectivity index (χ4v) is 4.81. The topological polar surface area (TPSA) is 33.2 Å². The zero-order valence-electron chi connectivity index (χ0n) is 18.5. The van der Waals surface area contributed by atoms with Gasteiger partial charge in [-0.3, -0.25) is 4.79 Å². The van der Waals surface area contributed by atoms with Crippen molar-refractivity contribution in [3.8, 4) is 11.3 Å². The number of hydrogen-bond donors (Lipinski definition) is 0. The Kier molecular flexibility index (Phi) is 5.72. The Morgan fingerprint density at radius 2 is 1.59 bits per heavy atom. The largest absolute Gasteiger partial charge is 0.339 e. The van der Waals surface area contributed by atoms with Crippen LogP contribution in [0.4, 0.5) is 0 Å². The van der Waals surface area contributed by atoms with Crippen LogP contribution in [0.5, 0.6) is 0 Å². The molecule has 0 unspecified atom stereocenters. The molecule has 0 atom stereocenters. The van der Waals surface area contributed by atoms with Crippen molar-refractivity contribution < 1.29 is 4.79 Å². The maximum Gasteiger partial charge on any atom is 0.254 e. The predicted octanol–water partition coefficient (Wildman–Crippen LogP) is 6.31. The standard InChI is InChI=1S/C29H28N2O/c1-21-9-5-6-12-24(21)28-20-26(25-13-7-8-14-27(25)30-28)29(32)31-17-15-23(16-18-31)19-22-10-3-2-4-11-22/h2-14,20,23H,15-19H2,1H3. The molecule has 1 aromatic heterocycles. The van der Waals surface area contributed by atoms with Crippen molar-refractivity contribution >= 4 is 16.8 Å². The lowest BCUT2D eigenvalue weighted by molar-refractivity contribution is 0.0692. The summed E-state index contributed by atoms with van der Waals surface area (Å²) in [5.41, 5.74) is 6.12. The number of hydrogen-bond acceptors (Lipinski definition) is 2. The van der Waals surface area contributed by atoms with Gasteiger partial charge in [0.2, 0.25) is 0 Å². The number of rotatable bonds is 4. The lowest BCUT2D eigenvalue weighted by Crippen LogP contribution is -2.39. The number of para-hydroxylation sites is 1. The van der Waals surface area contributed by atoms with Gasteiger partial charge in [0.1, 0.15) is 0 Å². The van der Waals surface area contributed by atoms with E-state index in [4.69, 9.17) is 4.98 Å². The van der Waals surface area contributed by atoms with Gasteiger partial charge in [0.25, 0.3) is 5.91 Å². The molecule has 0 bridgehead atoms. The second-order valence-corrected chi connectivity index (χ2v) is 8.81. The molecule has 160 valence electrons. The van der Waals surface area contributed by atoms with E-state index in [1.807, 2.05) is 47.4 Å².